The van der Waals surface area contributed by atoms with Gasteiger partial charge in [-0.25, -0.2) is 0 Å². The van der Waals surface area contributed by atoms with Gasteiger partial charge in [0, 0.05) is 6.54 Å². The van der Waals surface area contributed by atoms with Crippen LogP contribution in [0.25, 0.3) is 11.1 Å². The Kier molecular flexibility index (Phi) is 5.33. The second-order valence-electron chi connectivity index (χ2n) is 4.71. The number of hydrogen-bond acceptors (Lipinski definition) is 2. The van der Waals surface area contributed by atoms with Crippen LogP contribution in [0.5, 0.6) is 0 Å². The van der Waals surface area contributed by atoms with Crippen LogP contribution >= 0.6 is 0 Å². The van der Waals surface area contributed by atoms with E-state index in [1.165, 1.54) is 16.7 Å². The molecule has 0 unspecified atom stereocenters. The minimum Gasteiger partial charge on any atom is -0.481 e. The molecule has 0 saturated heterocycles. The largest absolute Gasteiger partial charge is 0.481 e. The lowest BCUT2D eigenvalue weighted by Crippen LogP contribution is -2.20. The highest BCUT2D eigenvalue weighted by Crippen LogP contribution is 2.19. The highest BCUT2D eigenvalue weighted by Gasteiger charge is 1.98. The molecule has 0 heterocycles. The third-order valence-electron chi connectivity index (χ3n) is 3.17. The van der Waals surface area contributed by atoms with Crippen molar-refractivity contribution in [1.29, 1.82) is 0 Å². The Morgan fingerprint density at radius 1 is 0.900 bits per heavy atom. The average Bonchev–Trinajstić information content (AvgIpc) is 2.48. The molecular weight excluding hydrogens is 250 g/mol. The van der Waals surface area contributed by atoms with Crippen molar-refractivity contribution in [2.75, 3.05) is 13.1 Å². The van der Waals surface area contributed by atoms with Gasteiger partial charge in [-0.1, -0.05) is 54.6 Å². The van der Waals surface area contributed by atoms with Gasteiger partial charge >= 0.3 is 5.97 Å². The van der Waals surface area contributed by atoms with Gasteiger partial charge in [-0.3, -0.25) is 4.79 Å². The summed E-state index contributed by atoms with van der Waals surface area (Å²) in [6.45, 7) is 1.33. The van der Waals surface area contributed by atoms with Gasteiger partial charge in [0.2, 0.25) is 0 Å². The number of hydrogen-bond donors (Lipinski definition) is 2. The van der Waals surface area contributed by atoms with E-state index in [0.29, 0.717) is 6.54 Å². The first-order chi connectivity index (χ1) is 9.75. The number of nitrogens with one attached hydrogen (secondary N) is 1. The van der Waals surface area contributed by atoms with Gasteiger partial charge in [0.15, 0.2) is 0 Å². The predicted molar refractivity (Wildman–Crippen MR) is 80.7 cm³/mol. The molecular formula is C17H19NO2. The zero-order valence-corrected chi connectivity index (χ0v) is 11.4. The second kappa shape index (κ2) is 7.46. The molecule has 20 heavy (non-hydrogen) atoms. The summed E-state index contributed by atoms with van der Waals surface area (Å²) in [5.74, 6) is -0.760. The summed E-state index contributed by atoms with van der Waals surface area (Å²) < 4.78 is 0. The Balaban J connectivity index is 1.82. The summed E-state index contributed by atoms with van der Waals surface area (Å²) in [5, 5.41) is 11.7. The fourth-order valence-electron chi connectivity index (χ4n) is 2.05. The molecule has 0 amide bonds. The summed E-state index contributed by atoms with van der Waals surface area (Å²) in [4.78, 5) is 10.4. The molecule has 2 N–H and O–H groups in total. The lowest BCUT2D eigenvalue weighted by Gasteiger charge is -2.05. The van der Waals surface area contributed by atoms with Gasteiger partial charge in [-0.2, -0.15) is 0 Å². The molecule has 0 radical (unpaired) electrons. The Morgan fingerprint density at radius 2 is 1.55 bits per heavy atom. The minimum absolute atomic E-state index is 0.174. The molecule has 3 nitrogen and oxygen atoms in total. The summed E-state index contributed by atoms with van der Waals surface area (Å²) in [7, 11) is 0. The van der Waals surface area contributed by atoms with Crippen LogP contribution in [0.3, 0.4) is 0 Å². The lowest BCUT2D eigenvalue weighted by molar-refractivity contribution is -0.136. The summed E-state index contributed by atoms with van der Waals surface area (Å²) in [6, 6.07) is 18.8. The van der Waals surface area contributed by atoms with E-state index in [0.717, 1.165) is 13.0 Å². The molecule has 0 atom stereocenters. The Hall–Kier alpha value is -2.13. The molecule has 0 aliphatic carbocycles. The predicted octanol–water partition coefficient (Wildman–Crippen LogP) is 2.96. The normalized spacial score (nSPS) is 10.4. The van der Waals surface area contributed by atoms with Crippen molar-refractivity contribution in [3.63, 3.8) is 0 Å². The van der Waals surface area contributed by atoms with Gasteiger partial charge in [-0.15, -0.1) is 0 Å². The number of benzene rings is 2. The summed E-state index contributed by atoms with van der Waals surface area (Å²) >= 11 is 0. The fraction of sp³-hybridized carbons (Fsp3) is 0.235. The van der Waals surface area contributed by atoms with E-state index >= 15 is 0 Å². The van der Waals surface area contributed by atoms with Crippen LogP contribution in [0.4, 0.5) is 0 Å². The lowest BCUT2D eigenvalue weighted by atomic mass is 10.0. The molecule has 3 heteroatoms. The van der Waals surface area contributed by atoms with Crippen LogP contribution in [0, 0.1) is 0 Å². The molecule has 0 aromatic heterocycles. The van der Waals surface area contributed by atoms with E-state index in [-0.39, 0.29) is 6.42 Å². The first-order valence-corrected chi connectivity index (χ1v) is 6.82. The monoisotopic (exact) mass is 269 g/mol. The first-order valence-electron chi connectivity index (χ1n) is 6.82. The second-order valence-corrected chi connectivity index (χ2v) is 4.71. The van der Waals surface area contributed by atoms with Gasteiger partial charge in [0.05, 0.1) is 6.42 Å². The molecule has 2 aromatic carbocycles. The van der Waals surface area contributed by atoms with Gasteiger partial charge in [0.1, 0.15) is 0 Å². The van der Waals surface area contributed by atoms with E-state index in [1.54, 1.807) is 0 Å². The van der Waals surface area contributed by atoms with Crippen LogP contribution in [0.1, 0.15) is 12.0 Å². The van der Waals surface area contributed by atoms with Gasteiger partial charge in [0.25, 0.3) is 0 Å². The van der Waals surface area contributed by atoms with Crippen molar-refractivity contribution in [2.24, 2.45) is 0 Å². The van der Waals surface area contributed by atoms with E-state index in [2.05, 4.69) is 41.7 Å². The van der Waals surface area contributed by atoms with Crippen LogP contribution < -0.4 is 5.32 Å². The van der Waals surface area contributed by atoms with Crippen molar-refractivity contribution in [2.45, 2.75) is 12.8 Å². The van der Waals surface area contributed by atoms with Crippen LogP contribution in [-0.2, 0) is 11.2 Å². The Morgan fingerprint density at radius 3 is 2.20 bits per heavy atom. The zero-order chi connectivity index (χ0) is 14.2. The van der Waals surface area contributed by atoms with E-state index in [1.807, 2.05) is 18.2 Å². The summed E-state index contributed by atoms with van der Waals surface area (Å²) in [6.07, 6.45) is 1.08. The topological polar surface area (TPSA) is 49.3 Å². The van der Waals surface area contributed by atoms with Crippen molar-refractivity contribution < 1.29 is 9.90 Å². The van der Waals surface area contributed by atoms with Crippen LogP contribution in [0.15, 0.2) is 54.6 Å². The van der Waals surface area contributed by atoms with Crippen LogP contribution in [-0.4, -0.2) is 24.2 Å². The molecule has 0 bridgehead atoms. The molecule has 0 spiro atoms. The van der Waals surface area contributed by atoms with E-state index < -0.39 is 5.97 Å². The van der Waals surface area contributed by atoms with Crippen molar-refractivity contribution in [1.82, 2.24) is 5.32 Å². The van der Waals surface area contributed by atoms with Crippen molar-refractivity contribution in [3.8, 4) is 11.1 Å². The Bertz CT molecular complexity index is 535. The standard InChI is InChI=1S/C17H19NO2/c19-17(20)11-13-18-12-10-14-6-8-16(9-7-14)15-4-2-1-3-5-15/h1-9,18H,10-13H2,(H,19,20). The van der Waals surface area contributed by atoms with E-state index in [9.17, 15) is 4.79 Å². The SMILES string of the molecule is O=C(O)CCNCCc1ccc(-c2ccccc2)cc1. The highest BCUT2D eigenvalue weighted by atomic mass is 16.4. The maximum absolute atomic E-state index is 10.4. The number of carboxylic acids is 1. The average molecular weight is 269 g/mol. The van der Waals surface area contributed by atoms with Crippen LogP contribution in [0.2, 0.25) is 0 Å². The maximum atomic E-state index is 10.4. The number of aliphatic carboxylic acids is 1. The summed E-state index contributed by atoms with van der Waals surface area (Å²) in [5.41, 5.74) is 3.69. The van der Waals surface area contributed by atoms with Gasteiger partial charge < -0.3 is 10.4 Å². The first kappa shape index (κ1) is 14.3. The molecule has 0 saturated carbocycles. The molecule has 104 valence electrons. The smallest absolute Gasteiger partial charge is 0.304 e. The zero-order valence-electron chi connectivity index (χ0n) is 11.4. The number of carbonyl (C=O) groups is 1. The van der Waals surface area contributed by atoms with Crippen molar-refractivity contribution >= 4 is 5.97 Å². The van der Waals surface area contributed by atoms with Gasteiger partial charge in [-0.05, 0) is 29.7 Å². The number of rotatable bonds is 7. The fourth-order valence-corrected chi connectivity index (χ4v) is 2.05. The van der Waals surface area contributed by atoms with E-state index in [4.69, 9.17) is 5.11 Å². The number of carboxylic acid groups (broad SMARTS) is 1. The molecule has 2 aromatic rings. The molecule has 0 aliphatic heterocycles. The molecule has 0 fully saturated rings. The Labute approximate surface area is 119 Å². The van der Waals surface area contributed by atoms with Crippen molar-refractivity contribution in [3.05, 3.63) is 60.2 Å². The molecule has 2 rings (SSSR count). The highest BCUT2D eigenvalue weighted by molar-refractivity contribution is 5.66. The molecule has 0 aliphatic rings. The quantitative estimate of drug-likeness (QED) is 0.760. The maximum Gasteiger partial charge on any atom is 0.304 e. The minimum atomic E-state index is -0.760. The third-order valence-corrected chi connectivity index (χ3v) is 3.17. The third kappa shape index (κ3) is 4.52.